The Kier molecular flexibility index (Phi) is 5.03. The van der Waals surface area contributed by atoms with Crippen molar-refractivity contribution >= 4 is 23.2 Å². The molecule has 0 atom stereocenters. The molecule has 2 amide bonds. The molecule has 1 aliphatic rings. The lowest BCUT2D eigenvalue weighted by atomic mass is 10.2. The first-order chi connectivity index (χ1) is 12.1. The quantitative estimate of drug-likeness (QED) is 0.841. The predicted molar refractivity (Wildman–Crippen MR) is 98.1 cm³/mol. The summed E-state index contributed by atoms with van der Waals surface area (Å²) in [5.74, 6) is 0.565. The molecule has 5 nitrogen and oxygen atoms in total. The third-order valence-corrected chi connectivity index (χ3v) is 4.29. The molecule has 1 heterocycles. The van der Waals surface area contributed by atoms with E-state index in [1.807, 2.05) is 62.4 Å². The molecular weight excluding hydrogens is 316 g/mol. The largest absolute Gasteiger partial charge is 0.482 e. The van der Waals surface area contributed by atoms with Gasteiger partial charge in [0.1, 0.15) is 5.75 Å². The van der Waals surface area contributed by atoms with Crippen LogP contribution in [0.5, 0.6) is 5.75 Å². The number of benzene rings is 2. The molecule has 2 aromatic rings. The van der Waals surface area contributed by atoms with Crippen molar-refractivity contribution in [3.63, 3.8) is 0 Å². The Morgan fingerprint density at radius 2 is 2.00 bits per heavy atom. The van der Waals surface area contributed by atoms with Crippen LogP contribution in [0.4, 0.5) is 11.4 Å². The maximum atomic E-state index is 12.7. The normalized spacial score (nSPS) is 13.2. The molecule has 0 aromatic heterocycles. The van der Waals surface area contributed by atoms with Crippen LogP contribution in [-0.4, -0.2) is 31.5 Å². The van der Waals surface area contributed by atoms with Crippen molar-refractivity contribution < 1.29 is 14.3 Å². The maximum Gasteiger partial charge on any atom is 0.265 e. The van der Waals surface area contributed by atoms with Gasteiger partial charge in [-0.25, -0.2) is 0 Å². The molecule has 0 saturated heterocycles. The molecule has 25 heavy (non-hydrogen) atoms. The summed E-state index contributed by atoms with van der Waals surface area (Å²) in [4.78, 5) is 28.3. The fourth-order valence-electron chi connectivity index (χ4n) is 3.04. The van der Waals surface area contributed by atoms with Crippen LogP contribution in [0.2, 0.25) is 0 Å². The Morgan fingerprint density at radius 3 is 2.76 bits per heavy atom. The van der Waals surface area contributed by atoms with E-state index in [9.17, 15) is 9.59 Å². The van der Waals surface area contributed by atoms with E-state index in [4.69, 9.17) is 4.74 Å². The lowest BCUT2D eigenvalue weighted by molar-refractivity contribution is -0.121. The zero-order valence-electron chi connectivity index (χ0n) is 14.6. The fraction of sp³-hybridized carbons (Fsp3) is 0.300. The first-order valence-corrected chi connectivity index (χ1v) is 8.49. The van der Waals surface area contributed by atoms with Crippen molar-refractivity contribution in [3.05, 3.63) is 54.1 Å². The van der Waals surface area contributed by atoms with Gasteiger partial charge in [0.15, 0.2) is 6.61 Å². The number of nitrogens with zero attached hydrogens (tertiary/aromatic N) is 2. The molecule has 0 fully saturated rings. The van der Waals surface area contributed by atoms with E-state index < -0.39 is 0 Å². The molecule has 0 N–H and O–H groups in total. The first-order valence-electron chi connectivity index (χ1n) is 8.49. The zero-order valence-corrected chi connectivity index (χ0v) is 14.6. The molecule has 3 rings (SSSR count). The summed E-state index contributed by atoms with van der Waals surface area (Å²) in [6, 6.07) is 15.3. The SMILES string of the molecule is CCN(C(=O)CCN1C(=O)COc2ccccc21)c1cccc(C)c1. The topological polar surface area (TPSA) is 49.9 Å². The predicted octanol–water partition coefficient (Wildman–Crippen LogP) is 3.16. The molecular formula is C20H22N2O3. The Hall–Kier alpha value is -2.82. The highest BCUT2D eigenvalue weighted by Gasteiger charge is 2.26. The molecule has 0 bridgehead atoms. The van der Waals surface area contributed by atoms with Gasteiger partial charge < -0.3 is 14.5 Å². The number of hydrogen-bond acceptors (Lipinski definition) is 3. The summed E-state index contributed by atoms with van der Waals surface area (Å²) in [5, 5.41) is 0. The number of carbonyl (C=O) groups excluding carboxylic acids is 2. The number of rotatable bonds is 5. The number of anilines is 2. The van der Waals surface area contributed by atoms with Crippen LogP contribution in [-0.2, 0) is 9.59 Å². The van der Waals surface area contributed by atoms with Gasteiger partial charge in [-0.1, -0.05) is 24.3 Å². The second-order valence-electron chi connectivity index (χ2n) is 6.03. The highest BCUT2D eigenvalue weighted by atomic mass is 16.5. The monoisotopic (exact) mass is 338 g/mol. The van der Waals surface area contributed by atoms with Gasteiger partial charge in [0.05, 0.1) is 5.69 Å². The van der Waals surface area contributed by atoms with Crippen LogP contribution in [0, 0.1) is 6.92 Å². The fourth-order valence-corrected chi connectivity index (χ4v) is 3.04. The van der Waals surface area contributed by atoms with Gasteiger partial charge >= 0.3 is 0 Å². The van der Waals surface area contributed by atoms with E-state index >= 15 is 0 Å². The molecule has 0 aliphatic carbocycles. The Labute approximate surface area is 147 Å². The van der Waals surface area contributed by atoms with Crippen molar-refractivity contribution in [1.82, 2.24) is 0 Å². The Balaban J connectivity index is 1.72. The van der Waals surface area contributed by atoms with Gasteiger partial charge in [0, 0.05) is 25.2 Å². The third kappa shape index (κ3) is 3.65. The van der Waals surface area contributed by atoms with Gasteiger partial charge in [0.25, 0.3) is 5.91 Å². The summed E-state index contributed by atoms with van der Waals surface area (Å²) in [6.45, 7) is 4.91. The van der Waals surface area contributed by atoms with Crippen LogP contribution >= 0.6 is 0 Å². The van der Waals surface area contributed by atoms with E-state index in [0.29, 0.717) is 18.8 Å². The average molecular weight is 338 g/mol. The minimum absolute atomic E-state index is 0.00451. The molecule has 0 spiro atoms. The summed E-state index contributed by atoms with van der Waals surface area (Å²) in [5.41, 5.74) is 2.73. The number of hydrogen-bond donors (Lipinski definition) is 0. The van der Waals surface area contributed by atoms with Crippen molar-refractivity contribution in [2.45, 2.75) is 20.3 Å². The standard InChI is InChI=1S/C20H22N2O3/c1-3-21(16-8-6-7-15(2)13-16)19(23)11-12-22-17-9-4-5-10-18(17)25-14-20(22)24/h4-10,13H,3,11-12,14H2,1-2H3. The smallest absolute Gasteiger partial charge is 0.265 e. The van der Waals surface area contributed by atoms with E-state index in [1.165, 1.54) is 0 Å². The second kappa shape index (κ2) is 7.38. The molecule has 5 heteroatoms. The van der Waals surface area contributed by atoms with Crippen molar-refractivity contribution in [2.24, 2.45) is 0 Å². The van der Waals surface area contributed by atoms with Crippen LogP contribution < -0.4 is 14.5 Å². The average Bonchev–Trinajstić information content (AvgIpc) is 2.61. The summed E-state index contributed by atoms with van der Waals surface area (Å²) in [7, 11) is 0. The van der Waals surface area contributed by atoms with Crippen LogP contribution in [0.15, 0.2) is 48.5 Å². The second-order valence-corrected chi connectivity index (χ2v) is 6.03. The molecule has 130 valence electrons. The van der Waals surface area contributed by atoms with Gasteiger partial charge in [-0.15, -0.1) is 0 Å². The summed E-state index contributed by atoms with van der Waals surface area (Å²) in [6.07, 6.45) is 0.266. The highest BCUT2D eigenvalue weighted by Crippen LogP contribution is 2.31. The number of aryl methyl sites for hydroxylation is 1. The first kappa shape index (κ1) is 17.0. The molecule has 0 saturated carbocycles. The Morgan fingerprint density at radius 1 is 1.20 bits per heavy atom. The van der Waals surface area contributed by atoms with Crippen molar-refractivity contribution in [2.75, 3.05) is 29.5 Å². The van der Waals surface area contributed by atoms with Gasteiger partial charge in [-0.05, 0) is 43.7 Å². The lowest BCUT2D eigenvalue weighted by Crippen LogP contribution is -2.41. The van der Waals surface area contributed by atoms with E-state index in [2.05, 4.69) is 0 Å². The zero-order chi connectivity index (χ0) is 17.8. The Bertz CT molecular complexity index is 788. The number of fused-ring (bicyclic) bond motifs is 1. The molecule has 0 unspecified atom stereocenters. The van der Waals surface area contributed by atoms with Crippen molar-refractivity contribution in [3.8, 4) is 5.75 Å². The van der Waals surface area contributed by atoms with Crippen LogP contribution in [0.1, 0.15) is 18.9 Å². The highest BCUT2D eigenvalue weighted by molar-refractivity contribution is 5.99. The number of ether oxygens (including phenoxy) is 1. The summed E-state index contributed by atoms with van der Waals surface area (Å²) >= 11 is 0. The molecule has 0 radical (unpaired) electrons. The number of para-hydroxylation sites is 2. The number of amides is 2. The van der Waals surface area contributed by atoms with E-state index in [0.717, 1.165) is 16.9 Å². The minimum atomic E-state index is -0.120. The van der Waals surface area contributed by atoms with Crippen molar-refractivity contribution in [1.29, 1.82) is 0 Å². The van der Waals surface area contributed by atoms with Gasteiger partial charge in [-0.3, -0.25) is 9.59 Å². The van der Waals surface area contributed by atoms with Crippen LogP contribution in [0.25, 0.3) is 0 Å². The summed E-state index contributed by atoms with van der Waals surface area (Å²) < 4.78 is 5.44. The lowest BCUT2D eigenvalue weighted by Gasteiger charge is -2.30. The molecule has 2 aromatic carbocycles. The van der Waals surface area contributed by atoms with Gasteiger partial charge in [0.2, 0.25) is 5.91 Å². The van der Waals surface area contributed by atoms with Gasteiger partial charge in [-0.2, -0.15) is 0 Å². The third-order valence-electron chi connectivity index (χ3n) is 4.29. The minimum Gasteiger partial charge on any atom is -0.482 e. The number of carbonyl (C=O) groups is 2. The maximum absolute atomic E-state index is 12.7. The van der Waals surface area contributed by atoms with Crippen LogP contribution in [0.3, 0.4) is 0 Å². The van der Waals surface area contributed by atoms with E-state index in [-0.39, 0.29) is 24.8 Å². The molecule has 1 aliphatic heterocycles. The van der Waals surface area contributed by atoms with E-state index in [1.54, 1.807) is 9.80 Å².